The Morgan fingerprint density at radius 2 is 2.19 bits per heavy atom. The van der Waals surface area contributed by atoms with Crippen LogP contribution in [-0.4, -0.2) is 28.8 Å². The number of aromatic nitrogens is 2. The van der Waals surface area contributed by atoms with Crippen LogP contribution >= 0.6 is 11.5 Å². The molecule has 0 amide bonds. The highest BCUT2D eigenvalue weighted by atomic mass is 32.1. The van der Waals surface area contributed by atoms with Gasteiger partial charge in [-0.05, 0) is 56.6 Å². The fourth-order valence-electron chi connectivity index (χ4n) is 4.17. The Kier molecular flexibility index (Phi) is 4.92. The summed E-state index contributed by atoms with van der Waals surface area (Å²) in [6, 6.07) is 0.391. The summed E-state index contributed by atoms with van der Waals surface area (Å²) in [4.78, 5) is 1.35. The first-order valence-corrected chi connectivity index (χ1v) is 9.18. The number of nitrogens with zero attached hydrogens (tertiary/aromatic N) is 2. The molecule has 1 spiro atoms. The molecule has 2 heterocycles. The minimum absolute atomic E-state index is 0.167. The average Bonchev–Trinajstić information content (AvgIpc) is 2.97. The Bertz CT molecular complexity index is 451. The fraction of sp³-hybridized carbons (Fsp3) is 0.875. The number of hydrogen-bond donors (Lipinski definition) is 1. The minimum Gasteiger partial charge on any atom is -0.375 e. The summed E-state index contributed by atoms with van der Waals surface area (Å²) < 4.78 is 10.4. The molecule has 1 N–H and O–H groups in total. The molecule has 1 aliphatic heterocycles. The van der Waals surface area contributed by atoms with Crippen LogP contribution in [0.5, 0.6) is 0 Å². The molecule has 3 rings (SSSR count). The first-order valence-electron chi connectivity index (χ1n) is 8.40. The summed E-state index contributed by atoms with van der Waals surface area (Å²) in [7, 11) is 2.08. The lowest BCUT2D eigenvalue weighted by molar-refractivity contribution is -0.121. The van der Waals surface area contributed by atoms with Crippen LogP contribution < -0.4 is 5.32 Å². The van der Waals surface area contributed by atoms with Gasteiger partial charge in [-0.3, -0.25) is 0 Å². The molecular formula is C16H27N3OS. The lowest BCUT2D eigenvalue weighted by Gasteiger charge is -2.45. The molecule has 0 bridgehead atoms. The third-order valence-electron chi connectivity index (χ3n) is 5.28. The molecule has 1 aliphatic carbocycles. The van der Waals surface area contributed by atoms with Gasteiger partial charge in [0.05, 0.1) is 16.2 Å². The van der Waals surface area contributed by atoms with Crippen LogP contribution in [0.25, 0.3) is 0 Å². The minimum atomic E-state index is 0.167. The molecular weight excluding hydrogens is 282 g/mol. The summed E-state index contributed by atoms with van der Waals surface area (Å²) in [5.41, 5.74) is 1.34. The largest absolute Gasteiger partial charge is 0.375 e. The van der Waals surface area contributed by atoms with Crippen molar-refractivity contribution in [2.24, 2.45) is 5.92 Å². The maximum atomic E-state index is 6.25. The molecule has 2 aliphatic rings. The van der Waals surface area contributed by atoms with Gasteiger partial charge in [0, 0.05) is 12.6 Å². The fourth-order valence-corrected chi connectivity index (χ4v) is 5.11. The second kappa shape index (κ2) is 6.71. The second-order valence-corrected chi connectivity index (χ2v) is 7.33. The zero-order valence-corrected chi connectivity index (χ0v) is 14.0. The second-order valence-electron chi connectivity index (χ2n) is 6.55. The van der Waals surface area contributed by atoms with E-state index < -0.39 is 0 Å². The highest BCUT2D eigenvalue weighted by Crippen LogP contribution is 2.44. The molecule has 2 fully saturated rings. The van der Waals surface area contributed by atoms with Crippen LogP contribution in [0.4, 0.5) is 0 Å². The SMILES string of the molecule is CCc1nnsc1C(NC)C1CCOC2(CCCCC2)C1. The Labute approximate surface area is 131 Å². The quantitative estimate of drug-likeness (QED) is 0.925. The van der Waals surface area contributed by atoms with E-state index >= 15 is 0 Å². The lowest BCUT2D eigenvalue weighted by Crippen LogP contribution is -2.44. The van der Waals surface area contributed by atoms with Crippen molar-refractivity contribution in [1.82, 2.24) is 14.9 Å². The maximum absolute atomic E-state index is 6.25. The van der Waals surface area contributed by atoms with Gasteiger partial charge in [-0.15, -0.1) is 5.10 Å². The van der Waals surface area contributed by atoms with E-state index in [2.05, 4.69) is 28.9 Å². The number of nitrogens with one attached hydrogen (secondary N) is 1. The van der Waals surface area contributed by atoms with Gasteiger partial charge in [-0.2, -0.15) is 0 Å². The number of aryl methyl sites for hydroxylation is 1. The van der Waals surface area contributed by atoms with Gasteiger partial charge in [0.15, 0.2) is 0 Å². The molecule has 1 aromatic rings. The molecule has 5 heteroatoms. The van der Waals surface area contributed by atoms with Crippen LogP contribution in [0.1, 0.15) is 68.5 Å². The van der Waals surface area contributed by atoms with Crippen molar-refractivity contribution in [1.29, 1.82) is 0 Å². The molecule has 1 aromatic heterocycles. The molecule has 1 saturated carbocycles. The monoisotopic (exact) mass is 309 g/mol. The number of ether oxygens (including phenoxy) is 1. The van der Waals surface area contributed by atoms with E-state index in [0.717, 1.165) is 19.4 Å². The third-order valence-corrected chi connectivity index (χ3v) is 6.13. The number of rotatable bonds is 4. The van der Waals surface area contributed by atoms with E-state index in [1.54, 1.807) is 11.5 Å². The van der Waals surface area contributed by atoms with Gasteiger partial charge >= 0.3 is 0 Å². The van der Waals surface area contributed by atoms with Gasteiger partial charge < -0.3 is 10.1 Å². The smallest absolute Gasteiger partial charge is 0.0801 e. The van der Waals surface area contributed by atoms with Crippen molar-refractivity contribution in [3.63, 3.8) is 0 Å². The summed E-state index contributed by atoms with van der Waals surface area (Å²) in [5.74, 6) is 0.648. The summed E-state index contributed by atoms with van der Waals surface area (Å²) in [6.07, 6.45) is 9.86. The number of hydrogen-bond acceptors (Lipinski definition) is 5. The molecule has 2 unspecified atom stereocenters. The van der Waals surface area contributed by atoms with Crippen LogP contribution in [0.3, 0.4) is 0 Å². The predicted octanol–water partition coefficient (Wildman–Crippen LogP) is 3.49. The van der Waals surface area contributed by atoms with Gasteiger partial charge in [0.2, 0.25) is 0 Å². The highest BCUT2D eigenvalue weighted by molar-refractivity contribution is 7.05. The summed E-state index contributed by atoms with van der Waals surface area (Å²) in [5, 5.41) is 7.85. The van der Waals surface area contributed by atoms with Gasteiger partial charge in [0.25, 0.3) is 0 Å². The molecule has 2 atom stereocenters. The summed E-state index contributed by atoms with van der Waals surface area (Å²) >= 11 is 1.57. The van der Waals surface area contributed by atoms with E-state index in [1.807, 2.05) is 0 Å². The normalized spacial score (nSPS) is 26.9. The lowest BCUT2D eigenvalue weighted by atomic mass is 9.74. The highest BCUT2D eigenvalue weighted by Gasteiger charge is 2.41. The topological polar surface area (TPSA) is 47.0 Å². The van der Waals surface area contributed by atoms with E-state index in [1.165, 1.54) is 49.1 Å². The molecule has 4 nitrogen and oxygen atoms in total. The van der Waals surface area contributed by atoms with Gasteiger partial charge in [-0.25, -0.2) is 0 Å². The molecule has 118 valence electrons. The zero-order valence-electron chi connectivity index (χ0n) is 13.2. The Morgan fingerprint density at radius 3 is 2.90 bits per heavy atom. The van der Waals surface area contributed by atoms with Crippen LogP contribution in [0.2, 0.25) is 0 Å². The van der Waals surface area contributed by atoms with Crippen molar-refractivity contribution in [2.75, 3.05) is 13.7 Å². The van der Waals surface area contributed by atoms with Crippen LogP contribution in [0.15, 0.2) is 0 Å². The van der Waals surface area contributed by atoms with E-state index in [4.69, 9.17) is 4.74 Å². The van der Waals surface area contributed by atoms with Crippen molar-refractivity contribution >= 4 is 11.5 Å². The molecule has 1 saturated heterocycles. The molecule has 0 radical (unpaired) electrons. The van der Waals surface area contributed by atoms with E-state index in [0.29, 0.717) is 12.0 Å². The van der Waals surface area contributed by atoms with Crippen molar-refractivity contribution < 1.29 is 4.74 Å². The van der Waals surface area contributed by atoms with Crippen LogP contribution in [0, 0.1) is 5.92 Å². The van der Waals surface area contributed by atoms with Crippen molar-refractivity contribution in [3.05, 3.63) is 10.6 Å². The van der Waals surface area contributed by atoms with E-state index in [9.17, 15) is 0 Å². The van der Waals surface area contributed by atoms with E-state index in [-0.39, 0.29) is 5.60 Å². The van der Waals surface area contributed by atoms with Crippen molar-refractivity contribution in [3.8, 4) is 0 Å². The molecule has 0 aromatic carbocycles. The summed E-state index contributed by atoms with van der Waals surface area (Å²) in [6.45, 7) is 3.08. The maximum Gasteiger partial charge on any atom is 0.0801 e. The average molecular weight is 309 g/mol. The van der Waals surface area contributed by atoms with Gasteiger partial charge in [0.1, 0.15) is 0 Å². The van der Waals surface area contributed by atoms with Crippen LogP contribution in [-0.2, 0) is 11.2 Å². The van der Waals surface area contributed by atoms with Crippen molar-refractivity contribution in [2.45, 2.75) is 69.9 Å². The van der Waals surface area contributed by atoms with Gasteiger partial charge in [-0.1, -0.05) is 30.7 Å². The zero-order chi connectivity index (χ0) is 14.7. The Morgan fingerprint density at radius 1 is 1.38 bits per heavy atom. The predicted molar refractivity (Wildman–Crippen MR) is 85.6 cm³/mol. The molecule has 21 heavy (non-hydrogen) atoms. The Balaban J connectivity index is 1.77. The Hall–Kier alpha value is -0.520. The standard InChI is InChI=1S/C16H27N3OS/c1-3-13-15(21-19-18-13)14(17-2)12-7-10-20-16(11-12)8-5-4-6-9-16/h12,14,17H,3-11H2,1-2H3. The first-order chi connectivity index (χ1) is 10.3. The first kappa shape index (κ1) is 15.4. The third kappa shape index (κ3) is 3.15.